The van der Waals surface area contributed by atoms with E-state index in [4.69, 9.17) is 5.11 Å². The Kier molecular flexibility index (Phi) is 5.27. The van der Waals surface area contributed by atoms with Gasteiger partial charge in [-0.15, -0.1) is 0 Å². The van der Waals surface area contributed by atoms with Crippen molar-refractivity contribution in [1.82, 2.24) is 15.2 Å². The Morgan fingerprint density at radius 1 is 1.38 bits per heavy atom. The van der Waals surface area contributed by atoms with Crippen molar-refractivity contribution in [3.05, 3.63) is 29.6 Å². The number of hydrogen-bond donors (Lipinski definition) is 2. The van der Waals surface area contributed by atoms with Crippen molar-refractivity contribution in [3.63, 3.8) is 0 Å². The molecule has 0 aliphatic carbocycles. The Balaban J connectivity index is 2.14. The van der Waals surface area contributed by atoms with Gasteiger partial charge in [-0.05, 0) is 44.5 Å². The van der Waals surface area contributed by atoms with Gasteiger partial charge in [0.05, 0.1) is 5.56 Å². The molecule has 2 heterocycles. The third kappa shape index (κ3) is 3.78. The van der Waals surface area contributed by atoms with E-state index in [1.165, 1.54) is 18.3 Å². The average Bonchev–Trinajstić information content (AvgIpc) is 2.53. The molecule has 114 valence electrons. The van der Waals surface area contributed by atoms with E-state index in [2.05, 4.69) is 10.3 Å². The number of rotatable bonds is 5. The molecule has 1 aliphatic rings. The predicted molar refractivity (Wildman–Crippen MR) is 78.4 cm³/mol. The number of pyridine rings is 1. The van der Waals surface area contributed by atoms with Crippen LogP contribution in [0.15, 0.2) is 18.3 Å². The van der Waals surface area contributed by atoms with E-state index in [1.807, 2.05) is 11.8 Å². The standard InChI is InChI=1S/C15H21N3O3/c1-2-9-18(12-5-7-16-8-6-12)14(19)13-4-3-11(10-17-13)15(20)21/h3-4,10,12,16H,2,5-9H2,1H3,(H,20,21). The normalized spacial score (nSPS) is 15.7. The van der Waals surface area contributed by atoms with Crippen LogP contribution >= 0.6 is 0 Å². The lowest BCUT2D eigenvalue weighted by Gasteiger charge is -2.34. The van der Waals surface area contributed by atoms with Gasteiger partial charge in [-0.1, -0.05) is 6.92 Å². The van der Waals surface area contributed by atoms with E-state index in [0.717, 1.165) is 32.4 Å². The summed E-state index contributed by atoms with van der Waals surface area (Å²) in [6, 6.07) is 3.16. The van der Waals surface area contributed by atoms with Crippen molar-refractivity contribution in [2.24, 2.45) is 0 Å². The molecule has 6 nitrogen and oxygen atoms in total. The van der Waals surface area contributed by atoms with E-state index in [1.54, 1.807) is 0 Å². The second-order valence-corrected chi connectivity index (χ2v) is 5.22. The fourth-order valence-corrected chi connectivity index (χ4v) is 2.60. The van der Waals surface area contributed by atoms with Crippen LogP contribution in [0.4, 0.5) is 0 Å². The number of carbonyl (C=O) groups excluding carboxylic acids is 1. The summed E-state index contributed by atoms with van der Waals surface area (Å²) < 4.78 is 0. The fourth-order valence-electron chi connectivity index (χ4n) is 2.60. The van der Waals surface area contributed by atoms with E-state index in [9.17, 15) is 9.59 Å². The minimum Gasteiger partial charge on any atom is -0.478 e. The Hall–Kier alpha value is -1.95. The Morgan fingerprint density at radius 3 is 2.62 bits per heavy atom. The zero-order valence-electron chi connectivity index (χ0n) is 12.2. The average molecular weight is 291 g/mol. The van der Waals surface area contributed by atoms with Crippen LogP contribution < -0.4 is 5.32 Å². The number of carbonyl (C=O) groups is 2. The molecule has 1 aromatic heterocycles. The summed E-state index contributed by atoms with van der Waals surface area (Å²) >= 11 is 0. The number of carboxylic acid groups (broad SMARTS) is 1. The molecule has 2 rings (SSSR count). The molecule has 1 aromatic rings. The third-order valence-electron chi connectivity index (χ3n) is 3.70. The van der Waals surface area contributed by atoms with Crippen LogP contribution in [0, 0.1) is 0 Å². The zero-order chi connectivity index (χ0) is 15.2. The number of amides is 1. The number of carboxylic acids is 1. The molecule has 21 heavy (non-hydrogen) atoms. The van der Waals surface area contributed by atoms with Crippen LogP contribution in [0.5, 0.6) is 0 Å². The smallest absolute Gasteiger partial charge is 0.337 e. The van der Waals surface area contributed by atoms with Crippen molar-refractivity contribution in [3.8, 4) is 0 Å². The molecule has 1 saturated heterocycles. The van der Waals surface area contributed by atoms with Gasteiger partial charge in [0, 0.05) is 18.8 Å². The Bertz CT molecular complexity index is 495. The van der Waals surface area contributed by atoms with Gasteiger partial charge in [0.1, 0.15) is 5.69 Å². The van der Waals surface area contributed by atoms with Crippen LogP contribution in [0.25, 0.3) is 0 Å². The summed E-state index contributed by atoms with van der Waals surface area (Å²) in [7, 11) is 0. The van der Waals surface area contributed by atoms with Gasteiger partial charge in [0.15, 0.2) is 0 Å². The number of nitrogens with one attached hydrogen (secondary N) is 1. The van der Waals surface area contributed by atoms with Crippen LogP contribution in [0.2, 0.25) is 0 Å². The molecule has 1 fully saturated rings. The first-order chi connectivity index (χ1) is 10.1. The van der Waals surface area contributed by atoms with Gasteiger partial charge in [0.2, 0.25) is 0 Å². The predicted octanol–water partition coefficient (Wildman–Crippen LogP) is 1.38. The number of hydrogen-bond acceptors (Lipinski definition) is 4. The number of aromatic nitrogens is 1. The highest BCUT2D eigenvalue weighted by atomic mass is 16.4. The fraction of sp³-hybridized carbons (Fsp3) is 0.533. The molecular formula is C15H21N3O3. The van der Waals surface area contributed by atoms with Crippen molar-refractivity contribution in [1.29, 1.82) is 0 Å². The summed E-state index contributed by atoms with van der Waals surface area (Å²) in [6.45, 7) is 4.58. The monoisotopic (exact) mass is 291 g/mol. The summed E-state index contributed by atoms with van der Waals surface area (Å²) in [5.74, 6) is -1.15. The van der Waals surface area contributed by atoms with Crippen molar-refractivity contribution < 1.29 is 14.7 Å². The first-order valence-electron chi connectivity index (χ1n) is 7.34. The van der Waals surface area contributed by atoms with Crippen LogP contribution in [0.1, 0.15) is 47.0 Å². The summed E-state index contributed by atoms with van der Waals surface area (Å²) in [6.07, 6.45) is 4.02. The lowest BCUT2D eigenvalue weighted by Crippen LogP contribution is -2.46. The molecule has 0 atom stereocenters. The third-order valence-corrected chi connectivity index (χ3v) is 3.70. The van der Waals surface area contributed by atoms with E-state index in [0.29, 0.717) is 12.2 Å². The van der Waals surface area contributed by atoms with Gasteiger partial charge < -0.3 is 15.3 Å². The summed E-state index contributed by atoms with van der Waals surface area (Å²) in [5, 5.41) is 12.2. The van der Waals surface area contributed by atoms with Gasteiger partial charge in [-0.2, -0.15) is 0 Å². The Labute approximate surface area is 124 Å². The van der Waals surface area contributed by atoms with Gasteiger partial charge in [-0.3, -0.25) is 9.78 Å². The zero-order valence-corrected chi connectivity index (χ0v) is 12.2. The minimum atomic E-state index is -1.04. The maximum absolute atomic E-state index is 12.6. The van der Waals surface area contributed by atoms with Crippen LogP contribution in [0.3, 0.4) is 0 Å². The molecule has 0 unspecified atom stereocenters. The Morgan fingerprint density at radius 2 is 2.10 bits per heavy atom. The molecule has 2 N–H and O–H groups in total. The lowest BCUT2D eigenvalue weighted by molar-refractivity contribution is 0.0633. The first-order valence-corrected chi connectivity index (χ1v) is 7.34. The highest BCUT2D eigenvalue weighted by Gasteiger charge is 2.26. The lowest BCUT2D eigenvalue weighted by atomic mass is 10.0. The second kappa shape index (κ2) is 7.17. The van der Waals surface area contributed by atoms with Crippen molar-refractivity contribution in [2.75, 3.05) is 19.6 Å². The van der Waals surface area contributed by atoms with Crippen molar-refractivity contribution >= 4 is 11.9 Å². The topological polar surface area (TPSA) is 82.5 Å². The van der Waals surface area contributed by atoms with Gasteiger partial charge in [-0.25, -0.2) is 4.79 Å². The van der Waals surface area contributed by atoms with E-state index < -0.39 is 5.97 Å². The van der Waals surface area contributed by atoms with E-state index in [-0.39, 0.29) is 17.5 Å². The number of piperidine rings is 1. The number of aromatic carboxylic acids is 1. The highest BCUT2D eigenvalue weighted by molar-refractivity contribution is 5.94. The SMILES string of the molecule is CCCN(C(=O)c1ccc(C(=O)O)cn1)C1CCNCC1. The largest absolute Gasteiger partial charge is 0.478 e. The summed E-state index contributed by atoms with van der Waals surface area (Å²) in [5.41, 5.74) is 0.405. The van der Waals surface area contributed by atoms with Crippen molar-refractivity contribution in [2.45, 2.75) is 32.2 Å². The van der Waals surface area contributed by atoms with Crippen LogP contribution in [-0.2, 0) is 0 Å². The quantitative estimate of drug-likeness (QED) is 0.856. The van der Waals surface area contributed by atoms with Crippen LogP contribution in [-0.4, -0.2) is 52.5 Å². The number of nitrogens with zero attached hydrogens (tertiary/aromatic N) is 2. The first kappa shape index (κ1) is 15.4. The minimum absolute atomic E-state index is 0.0930. The molecular weight excluding hydrogens is 270 g/mol. The van der Waals surface area contributed by atoms with Gasteiger partial charge in [0.25, 0.3) is 5.91 Å². The highest BCUT2D eigenvalue weighted by Crippen LogP contribution is 2.15. The molecule has 0 aromatic carbocycles. The van der Waals surface area contributed by atoms with E-state index >= 15 is 0 Å². The molecule has 6 heteroatoms. The molecule has 1 amide bonds. The molecule has 0 spiro atoms. The molecule has 1 aliphatic heterocycles. The maximum atomic E-state index is 12.6. The molecule has 0 radical (unpaired) electrons. The summed E-state index contributed by atoms with van der Waals surface area (Å²) in [4.78, 5) is 29.3. The van der Waals surface area contributed by atoms with Gasteiger partial charge >= 0.3 is 5.97 Å². The molecule has 0 saturated carbocycles. The second-order valence-electron chi connectivity index (χ2n) is 5.22. The molecule has 0 bridgehead atoms. The maximum Gasteiger partial charge on any atom is 0.337 e.